The Morgan fingerprint density at radius 3 is 2.69 bits per heavy atom. The summed E-state index contributed by atoms with van der Waals surface area (Å²) in [5.74, 6) is -1.17. The normalized spacial score (nSPS) is 14.6. The van der Waals surface area contributed by atoms with Crippen LogP contribution < -0.4 is 16.0 Å². The average molecular weight is 366 g/mol. The van der Waals surface area contributed by atoms with Crippen molar-refractivity contribution in [3.05, 3.63) is 11.9 Å². The molecule has 10 heteroatoms. The van der Waals surface area contributed by atoms with Crippen LogP contribution in [0.3, 0.4) is 0 Å². The van der Waals surface area contributed by atoms with E-state index in [1.54, 1.807) is 0 Å². The molecule has 1 fully saturated rings. The van der Waals surface area contributed by atoms with Gasteiger partial charge in [-0.15, -0.1) is 5.10 Å². The number of nitrogens with one attached hydrogen (secondary N) is 3. The maximum Gasteiger partial charge on any atom is 0.325 e. The molecule has 144 valence electrons. The lowest BCUT2D eigenvalue weighted by molar-refractivity contribution is -0.138. The number of carboxylic acids is 1. The smallest absolute Gasteiger partial charge is 0.325 e. The third kappa shape index (κ3) is 7.49. The van der Waals surface area contributed by atoms with Crippen LogP contribution in [0.4, 0.5) is 4.79 Å². The van der Waals surface area contributed by atoms with Crippen molar-refractivity contribution in [1.29, 1.82) is 0 Å². The molecule has 0 unspecified atom stereocenters. The summed E-state index contributed by atoms with van der Waals surface area (Å²) in [5.41, 5.74) is 0.490. The van der Waals surface area contributed by atoms with E-state index in [1.165, 1.54) is 17.3 Å². The zero-order valence-corrected chi connectivity index (χ0v) is 14.7. The van der Waals surface area contributed by atoms with Crippen molar-refractivity contribution in [1.82, 2.24) is 30.9 Å². The van der Waals surface area contributed by atoms with Crippen molar-refractivity contribution >= 4 is 17.9 Å². The molecule has 1 aromatic rings. The number of nitrogens with zero attached hydrogens (tertiary/aromatic N) is 3. The van der Waals surface area contributed by atoms with E-state index in [1.807, 2.05) is 0 Å². The quantitative estimate of drug-likeness (QED) is 0.466. The van der Waals surface area contributed by atoms with Crippen molar-refractivity contribution in [2.75, 3.05) is 6.54 Å². The molecule has 1 saturated carbocycles. The molecule has 10 nitrogen and oxygen atoms in total. The minimum Gasteiger partial charge on any atom is -0.480 e. The largest absolute Gasteiger partial charge is 0.480 e. The summed E-state index contributed by atoms with van der Waals surface area (Å²) in [4.78, 5) is 34.1. The average Bonchev–Trinajstić information content (AvgIpc) is 3.04. The third-order valence-corrected chi connectivity index (χ3v) is 4.16. The van der Waals surface area contributed by atoms with Crippen LogP contribution in [0.1, 0.15) is 50.6 Å². The van der Waals surface area contributed by atoms with Crippen molar-refractivity contribution < 1.29 is 19.5 Å². The number of carboxylic acid groups (broad SMARTS) is 1. The Kier molecular flexibility index (Phi) is 7.84. The molecule has 2 rings (SSSR count). The molecular formula is C16H26N6O4. The molecule has 1 aliphatic rings. The fraction of sp³-hybridized carbons (Fsp3) is 0.688. The summed E-state index contributed by atoms with van der Waals surface area (Å²) in [5, 5.41) is 24.5. The van der Waals surface area contributed by atoms with Gasteiger partial charge < -0.3 is 21.1 Å². The van der Waals surface area contributed by atoms with Gasteiger partial charge in [-0.25, -0.2) is 9.48 Å². The lowest BCUT2D eigenvalue weighted by atomic mass is 9.96. The van der Waals surface area contributed by atoms with Gasteiger partial charge in [0.05, 0.1) is 12.7 Å². The van der Waals surface area contributed by atoms with Crippen LogP contribution in [0.5, 0.6) is 0 Å². The first-order valence-electron chi connectivity index (χ1n) is 8.95. The van der Waals surface area contributed by atoms with Gasteiger partial charge in [0.15, 0.2) is 0 Å². The zero-order chi connectivity index (χ0) is 18.8. The molecule has 0 radical (unpaired) electrons. The molecule has 1 aliphatic carbocycles. The number of hydrogen-bond donors (Lipinski definition) is 4. The summed E-state index contributed by atoms with van der Waals surface area (Å²) >= 11 is 0. The van der Waals surface area contributed by atoms with Gasteiger partial charge in [0.2, 0.25) is 5.91 Å². The number of carbonyl (C=O) groups is 3. The van der Waals surface area contributed by atoms with Gasteiger partial charge in [-0.3, -0.25) is 9.59 Å². The van der Waals surface area contributed by atoms with Crippen LogP contribution >= 0.6 is 0 Å². The van der Waals surface area contributed by atoms with Crippen molar-refractivity contribution in [3.63, 3.8) is 0 Å². The molecule has 26 heavy (non-hydrogen) atoms. The second kappa shape index (κ2) is 10.4. The summed E-state index contributed by atoms with van der Waals surface area (Å²) in [6.07, 6.45) is 7.93. The summed E-state index contributed by atoms with van der Waals surface area (Å²) in [6, 6.07) is 0.0916. The number of aromatic nitrogens is 3. The van der Waals surface area contributed by atoms with Crippen molar-refractivity contribution in [2.24, 2.45) is 0 Å². The van der Waals surface area contributed by atoms with Gasteiger partial charge >= 0.3 is 12.0 Å². The molecule has 0 saturated heterocycles. The highest BCUT2D eigenvalue weighted by Crippen LogP contribution is 2.17. The van der Waals surface area contributed by atoms with E-state index < -0.39 is 5.97 Å². The number of carbonyl (C=O) groups excluding carboxylic acids is 2. The highest BCUT2D eigenvalue weighted by atomic mass is 16.4. The van der Waals surface area contributed by atoms with Gasteiger partial charge in [-0.1, -0.05) is 24.5 Å². The Hall–Kier alpha value is -2.65. The Morgan fingerprint density at radius 1 is 1.19 bits per heavy atom. The monoisotopic (exact) mass is 366 g/mol. The van der Waals surface area contributed by atoms with E-state index in [0.29, 0.717) is 18.7 Å². The molecule has 3 amide bonds. The third-order valence-electron chi connectivity index (χ3n) is 4.16. The number of urea groups is 1. The second-order valence-electron chi connectivity index (χ2n) is 6.42. The minimum absolute atomic E-state index is 0.160. The van der Waals surface area contributed by atoms with Gasteiger partial charge in [0, 0.05) is 19.0 Å². The van der Waals surface area contributed by atoms with E-state index in [9.17, 15) is 14.4 Å². The molecule has 0 atom stereocenters. The summed E-state index contributed by atoms with van der Waals surface area (Å²) in [7, 11) is 0. The molecule has 0 bridgehead atoms. The topological polar surface area (TPSA) is 138 Å². The van der Waals surface area contributed by atoms with Gasteiger partial charge in [0.1, 0.15) is 12.2 Å². The minimum atomic E-state index is -1.01. The van der Waals surface area contributed by atoms with Gasteiger partial charge in [-0.05, 0) is 19.3 Å². The first-order valence-corrected chi connectivity index (χ1v) is 8.95. The Balaban J connectivity index is 1.53. The second-order valence-corrected chi connectivity index (χ2v) is 6.42. The molecule has 1 heterocycles. The fourth-order valence-electron chi connectivity index (χ4n) is 2.85. The standard InChI is InChI=1S/C16H26N6O4/c23-14(18-9-13-10-22(21-20-13)11-15(24)25)7-4-8-17-16(26)19-12-5-2-1-3-6-12/h10,12H,1-9,11H2,(H,18,23)(H,24,25)(H2,17,19,26). The summed E-state index contributed by atoms with van der Waals surface area (Å²) in [6.45, 7) is 0.352. The molecule has 1 aromatic heterocycles. The first-order chi connectivity index (χ1) is 12.5. The Bertz CT molecular complexity index is 612. The van der Waals surface area contributed by atoms with Crippen LogP contribution in [0, 0.1) is 0 Å². The molecule has 0 aromatic carbocycles. The van der Waals surface area contributed by atoms with E-state index >= 15 is 0 Å². The predicted octanol–water partition coefficient (Wildman–Crippen LogP) is 0.391. The predicted molar refractivity (Wildman–Crippen MR) is 92.1 cm³/mol. The van der Waals surface area contributed by atoms with Crippen LogP contribution in [-0.4, -0.2) is 50.6 Å². The van der Waals surface area contributed by atoms with Crippen LogP contribution in [0.25, 0.3) is 0 Å². The van der Waals surface area contributed by atoms with Crippen LogP contribution in [-0.2, 0) is 22.7 Å². The van der Waals surface area contributed by atoms with Crippen LogP contribution in [0.2, 0.25) is 0 Å². The maximum absolute atomic E-state index is 11.8. The SMILES string of the molecule is O=C(O)Cn1cc(CNC(=O)CCCNC(=O)NC2CCCCC2)nn1. The first kappa shape index (κ1) is 19.7. The summed E-state index contributed by atoms with van der Waals surface area (Å²) < 4.78 is 1.19. The molecule has 0 spiro atoms. The number of rotatable bonds is 9. The molecular weight excluding hydrogens is 340 g/mol. The highest BCUT2D eigenvalue weighted by Gasteiger charge is 2.15. The van der Waals surface area contributed by atoms with E-state index in [-0.39, 0.29) is 37.5 Å². The van der Waals surface area contributed by atoms with Crippen molar-refractivity contribution in [3.8, 4) is 0 Å². The lowest BCUT2D eigenvalue weighted by Gasteiger charge is -2.22. The Morgan fingerprint density at radius 2 is 1.96 bits per heavy atom. The van der Waals surface area contributed by atoms with E-state index in [2.05, 4.69) is 26.3 Å². The van der Waals surface area contributed by atoms with Crippen molar-refractivity contribution in [2.45, 2.75) is 64.1 Å². The number of hydrogen-bond acceptors (Lipinski definition) is 5. The molecule has 0 aliphatic heterocycles. The van der Waals surface area contributed by atoms with E-state index in [0.717, 1.165) is 25.7 Å². The van der Waals surface area contributed by atoms with E-state index in [4.69, 9.17) is 5.11 Å². The number of aliphatic carboxylic acids is 1. The van der Waals surface area contributed by atoms with Crippen LogP contribution in [0.15, 0.2) is 6.20 Å². The number of amides is 3. The highest BCUT2D eigenvalue weighted by molar-refractivity contribution is 5.76. The lowest BCUT2D eigenvalue weighted by Crippen LogP contribution is -2.43. The van der Waals surface area contributed by atoms with Gasteiger partial charge in [-0.2, -0.15) is 0 Å². The molecule has 4 N–H and O–H groups in total. The zero-order valence-electron chi connectivity index (χ0n) is 14.7. The van der Waals surface area contributed by atoms with Gasteiger partial charge in [0.25, 0.3) is 0 Å². The fourth-order valence-corrected chi connectivity index (χ4v) is 2.85. The Labute approximate surface area is 151 Å². The maximum atomic E-state index is 11.8.